The Morgan fingerprint density at radius 2 is 2.24 bits per heavy atom. The second-order valence-corrected chi connectivity index (χ2v) is 5.37. The van der Waals surface area contributed by atoms with Gasteiger partial charge in [-0.05, 0) is 7.05 Å². The van der Waals surface area contributed by atoms with Crippen LogP contribution in [0.2, 0.25) is 0 Å². The molecule has 0 aromatic carbocycles. The summed E-state index contributed by atoms with van der Waals surface area (Å²) in [6.45, 7) is 1.79. The van der Waals surface area contributed by atoms with Crippen LogP contribution in [0, 0.1) is 0 Å². The molecule has 1 N–H and O–H groups in total. The third kappa shape index (κ3) is 3.49. The normalized spacial score (nSPS) is 10.7. The first-order valence-electron chi connectivity index (χ1n) is 5.47. The van der Waals surface area contributed by atoms with Crippen LogP contribution in [0.5, 0.6) is 0 Å². The van der Waals surface area contributed by atoms with Gasteiger partial charge in [-0.15, -0.1) is 22.7 Å². The minimum atomic E-state index is 0.822. The smallest absolute Gasteiger partial charge is 0.185 e. The minimum absolute atomic E-state index is 0.822. The molecule has 0 aliphatic heterocycles. The second-order valence-electron chi connectivity index (χ2n) is 3.81. The van der Waals surface area contributed by atoms with Gasteiger partial charge in [0, 0.05) is 30.8 Å². The predicted molar refractivity (Wildman–Crippen MR) is 74.0 cm³/mol. The summed E-state index contributed by atoms with van der Waals surface area (Å²) in [5.74, 6) is 0. The summed E-state index contributed by atoms with van der Waals surface area (Å²) in [6, 6.07) is 0. The van der Waals surface area contributed by atoms with Crippen LogP contribution in [0.1, 0.15) is 11.4 Å². The summed E-state index contributed by atoms with van der Waals surface area (Å²) in [5.41, 5.74) is 4.12. The first kappa shape index (κ1) is 12.5. The summed E-state index contributed by atoms with van der Waals surface area (Å²) >= 11 is 3.32. The summed E-state index contributed by atoms with van der Waals surface area (Å²) in [5, 5.41) is 8.40. The largest absolute Gasteiger partial charge is 0.345 e. The Balaban J connectivity index is 1.94. The molecular weight excluding hydrogens is 252 g/mol. The fraction of sp³-hybridized carbons (Fsp3) is 0.455. The molecule has 0 radical (unpaired) electrons. The maximum Gasteiger partial charge on any atom is 0.185 e. The zero-order chi connectivity index (χ0) is 12.1. The zero-order valence-electron chi connectivity index (χ0n) is 10.0. The topological polar surface area (TPSA) is 41.0 Å². The van der Waals surface area contributed by atoms with Crippen LogP contribution >= 0.6 is 22.7 Å². The second kappa shape index (κ2) is 6.09. The van der Waals surface area contributed by atoms with Gasteiger partial charge in [0.1, 0.15) is 0 Å². The van der Waals surface area contributed by atoms with Crippen molar-refractivity contribution in [3.8, 4) is 0 Å². The van der Waals surface area contributed by atoms with Gasteiger partial charge in [-0.3, -0.25) is 0 Å². The highest BCUT2D eigenvalue weighted by molar-refractivity contribution is 7.13. The van der Waals surface area contributed by atoms with Gasteiger partial charge in [-0.25, -0.2) is 9.97 Å². The quantitative estimate of drug-likeness (QED) is 0.870. The Labute approximate surface area is 109 Å². The molecule has 2 aromatic heterocycles. The van der Waals surface area contributed by atoms with E-state index in [1.807, 2.05) is 12.6 Å². The summed E-state index contributed by atoms with van der Waals surface area (Å²) in [6.07, 6.45) is 0.984. The minimum Gasteiger partial charge on any atom is -0.345 e. The molecule has 0 fully saturated rings. The SMILES string of the molecule is CNCCc1csc(N(C)Cc2cscn2)n1. The van der Waals surface area contributed by atoms with Crippen molar-refractivity contribution in [1.29, 1.82) is 0 Å². The van der Waals surface area contributed by atoms with Gasteiger partial charge in [0.25, 0.3) is 0 Å². The van der Waals surface area contributed by atoms with Crippen LogP contribution in [0.25, 0.3) is 0 Å². The van der Waals surface area contributed by atoms with E-state index in [0.717, 1.165) is 36.0 Å². The molecule has 17 heavy (non-hydrogen) atoms. The molecule has 2 aromatic rings. The van der Waals surface area contributed by atoms with Crippen molar-refractivity contribution < 1.29 is 0 Å². The lowest BCUT2D eigenvalue weighted by atomic mass is 10.3. The van der Waals surface area contributed by atoms with E-state index in [1.165, 1.54) is 0 Å². The molecule has 0 aliphatic rings. The average molecular weight is 268 g/mol. The van der Waals surface area contributed by atoms with Gasteiger partial charge in [0.05, 0.1) is 23.4 Å². The predicted octanol–water partition coefficient (Wildman–Crippen LogP) is 2.00. The lowest BCUT2D eigenvalue weighted by Crippen LogP contribution is -2.16. The molecule has 2 heterocycles. The molecule has 0 aliphatic carbocycles. The van der Waals surface area contributed by atoms with Crippen LogP contribution in [-0.2, 0) is 13.0 Å². The maximum atomic E-state index is 4.61. The van der Waals surface area contributed by atoms with E-state index in [2.05, 4.69) is 38.0 Å². The van der Waals surface area contributed by atoms with Gasteiger partial charge < -0.3 is 10.2 Å². The molecule has 0 bridgehead atoms. The Morgan fingerprint density at radius 1 is 1.35 bits per heavy atom. The molecule has 0 spiro atoms. The third-order valence-electron chi connectivity index (χ3n) is 2.38. The van der Waals surface area contributed by atoms with E-state index in [-0.39, 0.29) is 0 Å². The number of hydrogen-bond acceptors (Lipinski definition) is 6. The number of thiazole rings is 2. The lowest BCUT2D eigenvalue weighted by Gasteiger charge is -2.13. The van der Waals surface area contributed by atoms with Gasteiger partial charge in [0.2, 0.25) is 0 Å². The highest BCUT2D eigenvalue weighted by atomic mass is 32.1. The fourth-order valence-corrected chi connectivity index (χ4v) is 2.84. The number of rotatable bonds is 6. The Bertz CT molecular complexity index is 438. The third-order valence-corrected chi connectivity index (χ3v) is 4.02. The number of likely N-dealkylation sites (N-methyl/N-ethyl adjacent to an activating group) is 1. The summed E-state index contributed by atoms with van der Waals surface area (Å²) < 4.78 is 0. The van der Waals surface area contributed by atoms with E-state index in [4.69, 9.17) is 0 Å². The monoisotopic (exact) mass is 268 g/mol. The van der Waals surface area contributed by atoms with Crippen LogP contribution in [0.4, 0.5) is 5.13 Å². The molecule has 4 nitrogen and oxygen atoms in total. The maximum absolute atomic E-state index is 4.61. The van der Waals surface area contributed by atoms with Gasteiger partial charge in [-0.1, -0.05) is 0 Å². The number of nitrogens with zero attached hydrogens (tertiary/aromatic N) is 3. The number of aromatic nitrogens is 2. The van der Waals surface area contributed by atoms with Crippen molar-refractivity contribution in [2.75, 3.05) is 25.5 Å². The van der Waals surface area contributed by atoms with Crippen molar-refractivity contribution in [2.24, 2.45) is 0 Å². The van der Waals surface area contributed by atoms with Gasteiger partial charge in [-0.2, -0.15) is 0 Å². The number of hydrogen-bond donors (Lipinski definition) is 1. The fourth-order valence-electron chi connectivity index (χ4n) is 1.47. The molecular formula is C11H16N4S2. The zero-order valence-corrected chi connectivity index (χ0v) is 11.6. The van der Waals surface area contributed by atoms with Gasteiger partial charge in [0.15, 0.2) is 5.13 Å². The Kier molecular flexibility index (Phi) is 4.47. The van der Waals surface area contributed by atoms with Gasteiger partial charge >= 0.3 is 0 Å². The van der Waals surface area contributed by atoms with Crippen LogP contribution in [0.3, 0.4) is 0 Å². The van der Waals surface area contributed by atoms with Crippen molar-refractivity contribution in [3.63, 3.8) is 0 Å². The summed E-state index contributed by atoms with van der Waals surface area (Å²) in [4.78, 5) is 11.0. The highest BCUT2D eigenvalue weighted by Crippen LogP contribution is 2.21. The van der Waals surface area contributed by atoms with Crippen molar-refractivity contribution >= 4 is 27.8 Å². The molecule has 2 rings (SSSR count). The van der Waals surface area contributed by atoms with Crippen molar-refractivity contribution in [3.05, 3.63) is 27.7 Å². The Hall–Kier alpha value is -0.980. The van der Waals surface area contributed by atoms with Crippen LogP contribution in [0.15, 0.2) is 16.3 Å². The highest BCUT2D eigenvalue weighted by Gasteiger charge is 2.08. The van der Waals surface area contributed by atoms with E-state index in [9.17, 15) is 0 Å². The molecule has 0 amide bonds. The van der Waals surface area contributed by atoms with Crippen molar-refractivity contribution in [1.82, 2.24) is 15.3 Å². The van der Waals surface area contributed by atoms with E-state index in [1.54, 1.807) is 22.7 Å². The van der Waals surface area contributed by atoms with E-state index in [0.29, 0.717) is 0 Å². The van der Waals surface area contributed by atoms with E-state index < -0.39 is 0 Å². The molecule has 0 saturated heterocycles. The lowest BCUT2D eigenvalue weighted by molar-refractivity contribution is 0.777. The standard InChI is InChI=1S/C11H16N4S2/c1-12-4-3-9-7-17-11(14-9)15(2)5-10-6-16-8-13-10/h6-8,12H,3-5H2,1-2H3. The number of anilines is 1. The van der Waals surface area contributed by atoms with Crippen molar-refractivity contribution in [2.45, 2.75) is 13.0 Å². The summed E-state index contributed by atoms with van der Waals surface area (Å²) in [7, 11) is 4.02. The van der Waals surface area contributed by atoms with Crippen LogP contribution < -0.4 is 10.2 Å². The molecule has 92 valence electrons. The molecule has 0 atom stereocenters. The molecule has 0 saturated carbocycles. The molecule has 6 heteroatoms. The van der Waals surface area contributed by atoms with Crippen LogP contribution in [-0.4, -0.2) is 30.6 Å². The first-order valence-corrected chi connectivity index (χ1v) is 7.29. The average Bonchev–Trinajstić information content (AvgIpc) is 2.96. The Morgan fingerprint density at radius 3 is 2.94 bits per heavy atom. The number of nitrogens with one attached hydrogen (secondary N) is 1. The first-order chi connectivity index (χ1) is 8.29. The van der Waals surface area contributed by atoms with E-state index >= 15 is 0 Å². The molecule has 0 unspecified atom stereocenters.